The number of hydrogen-bond donors (Lipinski definition) is 1. The number of carbonyl (C=O) groups excluding carboxylic acids is 1. The Hall–Kier alpha value is -0.170. The van der Waals surface area contributed by atoms with Crippen molar-refractivity contribution < 1.29 is 19.4 Å². The molecule has 5 nitrogen and oxygen atoms in total. The second kappa shape index (κ2) is 10.5. The molecule has 0 spiro atoms. The van der Waals surface area contributed by atoms with Crippen LogP contribution in [0.4, 0.5) is 0 Å². The second-order valence-electron chi connectivity index (χ2n) is 5.73. The third kappa shape index (κ3) is 8.14. The highest BCUT2D eigenvalue weighted by Crippen LogP contribution is 2.22. The van der Waals surface area contributed by atoms with Gasteiger partial charge in [-0.2, -0.15) is 0 Å². The summed E-state index contributed by atoms with van der Waals surface area (Å²) in [6, 6.07) is 0.382. The Kier molecular flexibility index (Phi) is 9.47. The van der Waals surface area contributed by atoms with E-state index in [-0.39, 0.29) is 12.1 Å². The van der Waals surface area contributed by atoms with Crippen molar-refractivity contribution in [3.8, 4) is 0 Å². The van der Waals surface area contributed by atoms with Crippen LogP contribution in [0.3, 0.4) is 0 Å². The van der Waals surface area contributed by atoms with Gasteiger partial charge in [0.15, 0.2) is 6.29 Å². The molecule has 1 aliphatic rings. The van der Waals surface area contributed by atoms with Gasteiger partial charge in [-0.25, -0.2) is 0 Å². The van der Waals surface area contributed by atoms with Crippen molar-refractivity contribution in [3.63, 3.8) is 0 Å². The van der Waals surface area contributed by atoms with E-state index in [0.717, 1.165) is 32.2 Å². The zero-order chi connectivity index (χ0) is 15.7. The summed E-state index contributed by atoms with van der Waals surface area (Å²) in [6.07, 6.45) is 4.59. The fourth-order valence-electron chi connectivity index (χ4n) is 2.67. The van der Waals surface area contributed by atoms with Crippen LogP contribution in [-0.4, -0.2) is 59.9 Å². The van der Waals surface area contributed by atoms with Crippen molar-refractivity contribution in [3.05, 3.63) is 0 Å². The molecular weight excluding hydrogens is 338 g/mol. The van der Waals surface area contributed by atoms with E-state index < -0.39 is 6.29 Å². The van der Waals surface area contributed by atoms with E-state index in [2.05, 4.69) is 27.9 Å². The van der Waals surface area contributed by atoms with Gasteiger partial charge < -0.3 is 19.5 Å². The average Bonchev–Trinajstić information content (AvgIpc) is 2.43. The number of esters is 1. The Balaban J connectivity index is 2.08. The van der Waals surface area contributed by atoms with Crippen molar-refractivity contribution in [2.45, 2.75) is 63.9 Å². The van der Waals surface area contributed by atoms with Crippen molar-refractivity contribution in [1.82, 2.24) is 4.90 Å². The molecule has 1 rings (SSSR count). The molecule has 1 saturated heterocycles. The maximum absolute atomic E-state index is 11.3. The zero-order valence-corrected chi connectivity index (χ0v) is 14.7. The van der Waals surface area contributed by atoms with E-state index in [9.17, 15) is 9.90 Å². The minimum absolute atomic E-state index is 0.107. The van der Waals surface area contributed by atoms with Gasteiger partial charge in [-0.3, -0.25) is 4.79 Å². The number of alkyl halides is 1. The van der Waals surface area contributed by atoms with Crippen molar-refractivity contribution in [2.75, 3.05) is 25.5 Å². The van der Waals surface area contributed by atoms with Crippen LogP contribution in [0.25, 0.3) is 0 Å². The normalized spacial score (nSPS) is 26.0. The summed E-state index contributed by atoms with van der Waals surface area (Å²) in [5, 5.41) is 10.3. The molecule has 0 amide bonds. The Labute approximate surface area is 136 Å². The van der Waals surface area contributed by atoms with Crippen molar-refractivity contribution in [1.29, 1.82) is 0 Å². The van der Waals surface area contributed by atoms with Crippen LogP contribution in [0, 0.1) is 0 Å². The molecule has 1 aliphatic heterocycles. The Morgan fingerprint density at radius 3 is 2.81 bits per heavy atom. The van der Waals surface area contributed by atoms with Gasteiger partial charge in [0.25, 0.3) is 0 Å². The maximum atomic E-state index is 11.3. The van der Waals surface area contributed by atoms with Crippen molar-refractivity contribution >= 4 is 21.9 Å². The monoisotopic (exact) mass is 365 g/mol. The lowest BCUT2D eigenvalue weighted by molar-refractivity contribution is -0.173. The number of carbonyl (C=O) groups is 1. The van der Waals surface area contributed by atoms with Crippen LogP contribution in [-0.2, 0) is 14.3 Å². The first-order valence-electron chi connectivity index (χ1n) is 7.78. The molecular formula is C15H28BrNO4. The summed E-state index contributed by atoms with van der Waals surface area (Å²) in [6.45, 7) is 3.44. The van der Waals surface area contributed by atoms with Gasteiger partial charge in [0.2, 0.25) is 0 Å². The molecule has 1 heterocycles. The fraction of sp³-hybridized carbons (Fsp3) is 0.933. The van der Waals surface area contributed by atoms with Crippen LogP contribution in [0.2, 0.25) is 0 Å². The summed E-state index contributed by atoms with van der Waals surface area (Å²) < 4.78 is 10.3. The van der Waals surface area contributed by atoms with Gasteiger partial charge in [0.05, 0.1) is 6.10 Å². The van der Waals surface area contributed by atoms with E-state index >= 15 is 0 Å². The van der Waals surface area contributed by atoms with Crippen LogP contribution in [0.5, 0.6) is 0 Å². The van der Waals surface area contributed by atoms with Crippen LogP contribution in [0.1, 0.15) is 45.4 Å². The molecule has 0 bridgehead atoms. The first kappa shape index (κ1) is 18.9. The summed E-state index contributed by atoms with van der Waals surface area (Å²) >= 11 is 3.22. The molecule has 21 heavy (non-hydrogen) atoms. The van der Waals surface area contributed by atoms with Gasteiger partial charge in [-0.05, 0) is 39.8 Å². The standard InChI is InChI=1S/C15H28BrNO4/c1-12-10-13(11-15(19)21-12)17(2)8-5-3-4-6-14(18)20-9-7-16/h12-13,15,19H,3-11H2,1-2H3/t12-,13?,15-/m1/s1. The number of nitrogens with zero attached hydrogens (tertiary/aromatic N) is 1. The smallest absolute Gasteiger partial charge is 0.305 e. The van der Waals surface area contributed by atoms with Gasteiger partial charge in [0.1, 0.15) is 6.61 Å². The predicted octanol–water partition coefficient (Wildman–Crippen LogP) is 2.30. The Morgan fingerprint density at radius 2 is 2.14 bits per heavy atom. The molecule has 1 unspecified atom stereocenters. The highest BCUT2D eigenvalue weighted by molar-refractivity contribution is 9.09. The van der Waals surface area contributed by atoms with Gasteiger partial charge in [-0.1, -0.05) is 22.4 Å². The van der Waals surface area contributed by atoms with Gasteiger partial charge >= 0.3 is 5.97 Å². The van der Waals surface area contributed by atoms with Crippen LogP contribution < -0.4 is 0 Å². The number of ether oxygens (including phenoxy) is 2. The number of aliphatic hydroxyl groups excluding tert-OH is 1. The van der Waals surface area contributed by atoms with Crippen molar-refractivity contribution in [2.24, 2.45) is 0 Å². The second-order valence-corrected chi connectivity index (χ2v) is 6.52. The molecule has 1 fully saturated rings. The highest BCUT2D eigenvalue weighted by atomic mass is 79.9. The lowest BCUT2D eigenvalue weighted by Crippen LogP contribution is -2.43. The number of hydrogen-bond acceptors (Lipinski definition) is 5. The first-order chi connectivity index (χ1) is 10.0. The number of aliphatic hydroxyl groups is 1. The molecule has 0 saturated carbocycles. The summed E-state index contributed by atoms with van der Waals surface area (Å²) in [7, 11) is 2.10. The molecule has 0 radical (unpaired) electrons. The van der Waals surface area contributed by atoms with E-state index in [1.165, 1.54) is 0 Å². The third-order valence-electron chi connectivity index (χ3n) is 3.82. The Bertz CT molecular complexity index is 293. The average molecular weight is 366 g/mol. The topological polar surface area (TPSA) is 59.0 Å². The summed E-state index contributed by atoms with van der Waals surface area (Å²) in [4.78, 5) is 13.6. The molecule has 0 aromatic heterocycles. The molecule has 0 aromatic rings. The summed E-state index contributed by atoms with van der Waals surface area (Å²) in [5.41, 5.74) is 0. The lowest BCUT2D eigenvalue weighted by atomic mass is 10.0. The van der Waals surface area contributed by atoms with Crippen LogP contribution in [0.15, 0.2) is 0 Å². The molecule has 6 heteroatoms. The quantitative estimate of drug-likeness (QED) is 0.386. The maximum Gasteiger partial charge on any atom is 0.305 e. The van der Waals surface area contributed by atoms with Gasteiger partial charge in [0, 0.05) is 24.2 Å². The predicted molar refractivity (Wildman–Crippen MR) is 85.4 cm³/mol. The molecule has 124 valence electrons. The minimum Gasteiger partial charge on any atom is -0.465 e. The fourth-order valence-corrected chi connectivity index (χ4v) is 2.83. The van der Waals surface area contributed by atoms with Gasteiger partial charge in [-0.15, -0.1) is 0 Å². The molecule has 0 aromatic carbocycles. The molecule has 3 atom stereocenters. The van der Waals surface area contributed by atoms with E-state index in [4.69, 9.17) is 9.47 Å². The number of rotatable bonds is 9. The third-order valence-corrected chi connectivity index (χ3v) is 4.15. The van der Waals surface area contributed by atoms with E-state index in [0.29, 0.717) is 30.8 Å². The van der Waals surface area contributed by atoms with E-state index in [1.54, 1.807) is 0 Å². The number of halogens is 1. The zero-order valence-electron chi connectivity index (χ0n) is 13.1. The largest absolute Gasteiger partial charge is 0.465 e. The molecule has 0 aliphatic carbocycles. The minimum atomic E-state index is -0.634. The van der Waals surface area contributed by atoms with E-state index in [1.807, 2.05) is 6.92 Å². The van der Waals surface area contributed by atoms with Crippen LogP contribution >= 0.6 is 15.9 Å². The summed E-state index contributed by atoms with van der Waals surface area (Å²) in [5.74, 6) is -0.107. The number of unbranched alkanes of at least 4 members (excludes halogenated alkanes) is 2. The SMILES string of the molecule is C[C@@H]1CC(N(C)CCCCCC(=O)OCCBr)C[C@H](O)O1. The highest BCUT2D eigenvalue weighted by Gasteiger charge is 2.27. The lowest BCUT2D eigenvalue weighted by Gasteiger charge is -2.36. The Morgan fingerprint density at radius 1 is 1.38 bits per heavy atom. The first-order valence-corrected chi connectivity index (χ1v) is 8.90. The molecule has 1 N–H and O–H groups in total.